The van der Waals surface area contributed by atoms with E-state index in [-0.39, 0.29) is 147 Å². The Morgan fingerprint density at radius 2 is 0.818 bits per heavy atom. The van der Waals surface area contributed by atoms with E-state index in [1.807, 2.05) is 0 Å². The van der Waals surface area contributed by atoms with Crippen LogP contribution >= 0.6 is 0 Å². The SMILES string of the molecule is CC(=O)[O-].CC(=O)[O-].[Ba+2].[Ba+2].[Ba+2]. The fourth-order valence-corrected chi connectivity index (χ4v) is 0. The Morgan fingerprint density at radius 1 is 0.818 bits per heavy atom. The molecule has 0 aromatic carbocycles. The van der Waals surface area contributed by atoms with Crippen molar-refractivity contribution in [2.75, 3.05) is 0 Å². The molecular weight excluding hydrogens is 524 g/mol. The molecule has 4 nitrogen and oxygen atoms in total. The van der Waals surface area contributed by atoms with E-state index in [0.717, 1.165) is 13.8 Å². The van der Waals surface area contributed by atoms with Crippen LogP contribution in [-0.2, 0) is 9.59 Å². The molecule has 0 rings (SSSR count). The molecule has 0 aromatic heterocycles. The standard InChI is InChI=1S/2C2H4O2.3Ba/c2*1-2(3)4;;;/h2*1H3,(H,3,4);;;/q;;3*+2/p-2. The normalized spacial score (nSPS) is 4.55. The largest absolute Gasteiger partial charge is 2.00 e. The Kier molecular flexibility index (Phi) is 62.5. The molecule has 0 spiro atoms. The molecule has 48 valence electrons. The van der Waals surface area contributed by atoms with Crippen LogP contribution in [0.4, 0.5) is 0 Å². The molecule has 7 heteroatoms. The molecule has 0 aliphatic rings. The Morgan fingerprint density at radius 3 is 0.818 bits per heavy atom. The molecule has 11 heavy (non-hydrogen) atoms. The van der Waals surface area contributed by atoms with Gasteiger partial charge in [-0.1, -0.05) is 0 Å². The summed E-state index contributed by atoms with van der Waals surface area (Å²) < 4.78 is 0. The van der Waals surface area contributed by atoms with Gasteiger partial charge in [-0.25, -0.2) is 0 Å². The van der Waals surface area contributed by atoms with Crippen LogP contribution in [0.2, 0.25) is 0 Å². The van der Waals surface area contributed by atoms with E-state index in [4.69, 9.17) is 19.8 Å². The molecule has 0 N–H and O–H groups in total. The summed E-state index contributed by atoms with van der Waals surface area (Å²) in [5, 5.41) is 17.8. The first-order chi connectivity index (χ1) is 3.46. The van der Waals surface area contributed by atoms with Gasteiger partial charge in [0.15, 0.2) is 0 Å². The van der Waals surface area contributed by atoms with Crippen LogP contribution in [-0.4, -0.2) is 159 Å². The maximum absolute atomic E-state index is 8.89. The molecule has 0 bridgehead atoms. The third-order valence-electron chi connectivity index (χ3n) is 0. The monoisotopic (exact) mass is 532 g/mol. The van der Waals surface area contributed by atoms with Crippen LogP contribution in [0.15, 0.2) is 0 Å². The minimum Gasteiger partial charge on any atom is -0.550 e. The van der Waals surface area contributed by atoms with Crippen molar-refractivity contribution in [1.29, 1.82) is 0 Å². The van der Waals surface area contributed by atoms with Gasteiger partial charge in [0.2, 0.25) is 0 Å². The van der Waals surface area contributed by atoms with Gasteiger partial charge in [0.1, 0.15) is 0 Å². The minimum absolute atomic E-state index is 0. The molecule has 0 saturated heterocycles. The summed E-state index contributed by atoms with van der Waals surface area (Å²) in [6, 6.07) is 0. The topological polar surface area (TPSA) is 80.3 Å². The van der Waals surface area contributed by atoms with Crippen LogP contribution in [0.1, 0.15) is 13.8 Å². The second kappa shape index (κ2) is 23.5. The Labute approximate surface area is 186 Å². The van der Waals surface area contributed by atoms with E-state index in [1.165, 1.54) is 0 Å². The van der Waals surface area contributed by atoms with Crippen LogP contribution < -0.4 is 10.2 Å². The van der Waals surface area contributed by atoms with Gasteiger partial charge in [0.05, 0.1) is 0 Å². The average Bonchev–Trinajstić information content (AvgIpc) is 1.25. The Hall–Kier alpha value is 3.65. The Balaban J connectivity index is -0.0000000171. The maximum Gasteiger partial charge on any atom is 2.00 e. The first kappa shape index (κ1) is 29.3. The summed E-state index contributed by atoms with van der Waals surface area (Å²) >= 11 is 0. The third kappa shape index (κ3) is 139. The fraction of sp³-hybridized carbons (Fsp3) is 0.500. The third-order valence-corrected chi connectivity index (χ3v) is 0. The second-order valence-electron chi connectivity index (χ2n) is 0.983. The van der Waals surface area contributed by atoms with Crippen molar-refractivity contribution in [2.45, 2.75) is 13.8 Å². The molecule has 0 radical (unpaired) electrons. The van der Waals surface area contributed by atoms with Gasteiger partial charge in [-0.3, -0.25) is 0 Å². The summed E-state index contributed by atoms with van der Waals surface area (Å²) in [5.74, 6) is -2.17. The van der Waals surface area contributed by atoms with E-state index < -0.39 is 11.9 Å². The second-order valence-corrected chi connectivity index (χ2v) is 0.983. The van der Waals surface area contributed by atoms with Crippen molar-refractivity contribution in [2.24, 2.45) is 0 Å². The van der Waals surface area contributed by atoms with E-state index in [0.29, 0.717) is 0 Å². The fourth-order valence-electron chi connectivity index (χ4n) is 0. The molecule has 0 heterocycles. The number of hydrogen-bond donors (Lipinski definition) is 0. The van der Waals surface area contributed by atoms with Crippen molar-refractivity contribution >= 4 is 159 Å². The summed E-state index contributed by atoms with van der Waals surface area (Å²) in [7, 11) is 0. The van der Waals surface area contributed by atoms with Crippen molar-refractivity contribution in [3.63, 3.8) is 0 Å². The maximum atomic E-state index is 8.89. The number of rotatable bonds is 0. The molecule has 0 atom stereocenters. The minimum atomic E-state index is -1.08. The number of carboxylic acid groups (broad SMARTS) is 2. The molecule has 0 saturated carbocycles. The van der Waals surface area contributed by atoms with Gasteiger partial charge in [-0.05, 0) is 13.8 Å². The molecule has 0 unspecified atom stereocenters. The van der Waals surface area contributed by atoms with E-state index in [2.05, 4.69) is 0 Å². The van der Waals surface area contributed by atoms with Crippen molar-refractivity contribution in [3.05, 3.63) is 0 Å². The van der Waals surface area contributed by atoms with Gasteiger partial charge in [-0.2, -0.15) is 0 Å². The number of carbonyl (C=O) groups is 2. The predicted molar refractivity (Wildman–Crippen MR) is 38.6 cm³/mol. The van der Waals surface area contributed by atoms with E-state index in [9.17, 15) is 0 Å². The zero-order chi connectivity index (χ0) is 7.15. The number of hydrogen-bond acceptors (Lipinski definition) is 4. The van der Waals surface area contributed by atoms with Crippen molar-refractivity contribution < 1.29 is 19.8 Å². The van der Waals surface area contributed by atoms with Crippen LogP contribution in [0.25, 0.3) is 0 Å². The summed E-state index contributed by atoms with van der Waals surface area (Å²) in [6.07, 6.45) is 0. The van der Waals surface area contributed by atoms with Gasteiger partial charge in [-0.15, -0.1) is 0 Å². The van der Waals surface area contributed by atoms with Crippen molar-refractivity contribution in [3.8, 4) is 0 Å². The molecule has 0 amide bonds. The molecule has 0 fully saturated rings. The van der Waals surface area contributed by atoms with Crippen LogP contribution in [0.5, 0.6) is 0 Å². The summed E-state index contributed by atoms with van der Waals surface area (Å²) in [5.41, 5.74) is 0. The van der Waals surface area contributed by atoms with Gasteiger partial charge >= 0.3 is 147 Å². The molecule has 0 aromatic rings. The molecular formula is C4H6Ba3O4+4. The van der Waals surface area contributed by atoms with Crippen LogP contribution in [0, 0.1) is 0 Å². The molecule has 0 aliphatic heterocycles. The predicted octanol–water partition coefficient (Wildman–Crippen LogP) is -3.63. The van der Waals surface area contributed by atoms with Gasteiger partial charge in [0, 0.05) is 11.9 Å². The van der Waals surface area contributed by atoms with Gasteiger partial charge < -0.3 is 19.8 Å². The number of aliphatic carboxylic acids is 2. The van der Waals surface area contributed by atoms with Gasteiger partial charge in [0.25, 0.3) is 0 Å². The van der Waals surface area contributed by atoms with Crippen molar-refractivity contribution in [1.82, 2.24) is 0 Å². The zero-order valence-corrected chi connectivity index (χ0v) is 20.1. The quantitative estimate of drug-likeness (QED) is 0.303. The number of carboxylic acids is 2. The first-order valence-corrected chi connectivity index (χ1v) is 1.82. The van der Waals surface area contributed by atoms with E-state index in [1.54, 1.807) is 0 Å². The summed E-state index contributed by atoms with van der Waals surface area (Å²) in [4.78, 5) is 17.8. The summed E-state index contributed by atoms with van der Waals surface area (Å²) in [6.45, 7) is 1.94. The van der Waals surface area contributed by atoms with E-state index >= 15 is 0 Å². The zero-order valence-electron chi connectivity index (χ0n) is 6.75. The smallest absolute Gasteiger partial charge is 0.550 e. The molecule has 0 aliphatic carbocycles. The number of carbonyl (C=O) groups excluding carboxylic acids is 2. The first-order valence-electron chi connectivity index (χ1n) is 1.82. The average molecular weight is 530 g/mol. The Bertz CT molecular complexity index is 75.3. The van der Waals surface area contributed by atoms with Crippen LogP contribution in [0.3, 0.4) is 0 Å².